The van der Waals surface area contributed by atoms with Gasteiger partial charge in [-0.05, 0) is 62.7 Å². The van der Waals surface area contributed by atoms with Crippen molar-refractivity contribution in [3.05, 3.63) is 69.1 Å². The summed E-state index contributed by atoms with van der Waals surface area (Å²) in [5.41, 5.74) is 4.69. The zero-order valence-electron chi connectivity index (χ0n) is 22.1. The molecular formula is C29H39ClN4OS. The molecule has 3 aromatic rings. The van der Waals surface area contributed by atoms with Crippen LogP contribution in [-0.4, -0.2) is 39.2 Å². The van der Waals surface area contributed by atoms with Crippen LogP contribution in [0.1, 0.15) is 86.1 Å². The highest BCUT2D eigenvalue weighted by atomic mass is 35.5. The van der Waals surface area contributed by atoms with Crippen LogP contribution in [0.4, 0.5) is 0 Å². The van der Waals surface area contributed by atoms with Gasteiger partial charge in [-0.1, -0.05) is 63.6 Å². The Labute approximate surface area is 225 Å². The first-order valence-corrected chi connectivity index (χ1v) is 14.3. The molecule has 0 N–H and O–H groups in total. The Bertz CT molecular complexity index is 1160. The average molecular weight is 527 g/mol. The zero-order chi connectivity index (χ0) is 26.1. The summed E-state index contributed by atoms with van der Waals surface area (Å²) in [5.74, 6) is 1.98. The molecule has 0 radical (unpaired) electrons. The highest BCUT2D eigenvalue weighted by molar-refractivity contribution is 7.15. The fraction of sp³-hybridized carbons (Fsp3) is 0.483. The molecule has 2 heterocycles. The summed E-state index contributed by atoms with van der Waals surface area (Å²) in [6.07, 6.45) is 9.71. The van der Waals surface area contributed by atoms with Gasteiger partial charge in [0.25, 0.3) is 0 Å². The lowest BCUT2D eigenvalue weighted by Gasteiger charge is -2.14. The topological polar surface area (TPSA) is 51.0 Å². The Kier molecular flexibility index (Phi) is 10.7. The van der Waals surface area contributed by atoms with Gasteiger partial charge in [0.1, 0.15) is 16.6 Å². The van der Waals surface area contributed by atoms with Crippen LogP contribution in [0.2, 0.25) is 5.02 Å². The molecule has 2 aromatic heterocycles. The molecule has 1 aliphatic carbocycles. The predicted octanol–water partition coefficient (Wildman–Crippen LogP) is 7.45. The van der Waals surface area contributed by atoms with Crippen molar-refractivity contribution in [2.45, 2.75) is 79.1 Å². The standard InChI is InChI=1S/C22H24ClN3S.C7H15NO/c1-4-5-13-20-25-24-15(3)26(20)22-21(17-10-8-12-19(17)27-22)14(2)16-9-6-7-11-18(16)23;1-3-5-8(7-9)6-4-2/h6-7,9,11H,2,4-5,8,10,12-13H2,1,3H3;7H,3-6H2,1-2H3. The molecule has 1 aliphatic rings. The third-order valence-electron chi connectivity index (χ3n) is 6.42. The van der Waals surface area contributed by atoms with E-state index in [4.69, 9.17) is 11.6 Å². The first-order chi connectivity index (χ1) is 17.5. The summed E-state index contributed by atoms with van der Waals surface area (Å²) in [4.78, 5) is 13.5. The van der Waals surface area contributed by atoms with E-state index in [1.54, 1.807) is 4.90 Å². The maximum absolute atomic E-state index is 10.2. The van der Waals surface area contributed by atoms with Crippen molar-refractivity contribution in [1.82, 2.24) is 19.7 Å². The molecule has 0 bridgehead atoms. The Hall–Kier alpha value is -2.44. The van der Waals surface area contributed by atoms with Gasteiger partial charge in [0.05, 0.1) is 0 Å². The number of nitrogens with zero attached hydrogens (tertiary/aromatic N) is 4. The number of benzene rings is 1. The lowest BCUT2D eigenvalue weighted by molar-refractivity contribution is -0.118. The Morgan fingerprint density at radius 2 is 1.86 bits per heavy atom. The Balaban J connectivity index is 0.000000345. The van der Waals surface area contributed by atoms with Crippen LogP contribution in [0.15, 0.2) is 30.8 Å². The molecule has 0 fully saturated rings. The third-order valence-corrected chi connectivity index (χ3v) is 8.03. The number of fused-ring (bicyclic) bond motifs is 1. The number of aromatic nitrogens is 3. The van der Waals surface area contributed by atoms with Gasteiger partial charge in [0, 0.05) is 40.5 Å². The van der Waals surface area contributed by atoms with Crippen LogP contribution < -0.4 is 0 Å². The molecule has 0 atom stereocenters. The van der Waals surface area contributed by atoms with E-state index in [2.05, 4.69) is 48.2 Å². The lowest BCUT2D eigenvalue weighted by Crippen LogP contribution is -2.23. The van der Waals surface area contributed by atoms with Crippen molar-refractivity contribution in [2.24, 2.45) is 0 Å². The highest BCUT2D eigenvalue weighted by Crippen LogP contribution is 2.44. The monoisotopic (exact) mass is 526 g/mol. The van der Waals surface area contributed by atoms with Gasteiger partial charge in [-0.15, -0.1) is 21.5 Å². The number of hydrogen-bond acceptors (Lipinski definition) is 4. The largest absolute Gasteiger partial charge is 0.345 e. The van der Waals surface area contributed by atoms with Crippen LogP contribution >= 0.6 is 22.9 Å². The molecule has 4 rings (SSSR count). The van der Waals surface area contributed by atoms with Crippen molar-refractivity contribution < 1.29 is 4.79 Å². The second-order valence-corrected chi connectivity index (χ2v) is 10.7. The van der Waals surface area contributed by atoms with Crippen molar-refractivity contribution in [3.8, 4) is 5.00 Å². The quantitative estimate of drug-likeness (QED) is 0.244. The summed E-state index contributed by atoms with van der Waals surface area (Å²) in [6.45, 7) is 14.7. The molecule has 0 saturated heterocycles. The van der Waals surface area contributed by atoms with Gasteiger partial charge in [-0.2, -0.15) is 0 Å². The predicted molar refractivity (Wildman–Crippen MR) is 152 cm³/mol. The van der Waals surface area contributed by atoms with Crippen LogP contribution in [-0.2, 0) is 24.1 Å². The number of rotatable bonds is 11. The van der Waals surface area contributed by atoms with E-state index in [0.29, 0.717) is 0 Å². The summed E-state index contributed by atoms with van der Waals surface area (Å²) in [7, 11) is 0. The van der Waals surface area contributed by atoms with E-state index in [-0.39, 0.29) is 0 Å². The lowest BCUT2D eigenvalue weighted by atomic mass is 9.96. The fourth-order valence-corrected chi connectivity index (χ4v) is 6.39. The number of amides is 1. The molecule has 194 valence electrons. The summed E-state index contributed by atoms with van der Waals surface area (Å²) in [5, 5.41) is 10.8. The van der Waals surface area contributed by atoms with Crippen LogP contribution in [0.25, 0.3) is 10.6 Å². The molecule has 0 spiro atoms. The van der Waals surface area contributed by atoms with E-state index in [1.165, 1.54) is 27.4 Å². The number of hydrogen-bond donors (Lipinski definition) is 0. The van der Waals surface area contributed by atoms with Gasteiger partial charge in [0.2, 0.25) is 6.41 Å². The summed E-state index contributed by atoms with van der Waals surface area (Å²) in [6, 6.07) is 7.98. The molecule has 1 aromatic carbocycles. The van der Waals surface area contributed by atoms with Crippen LogP contribution in [0, 0.1) is 6.92 Å². The molecule has 0 unspecified atom stereocenters. The number of thiophene rings is 1. The van der Waals surface area contributed by atoms with E-state index in [9.17, 15) is 4.79 Å². The number of halogens is 1. The maximum Gasteiger partial charge on any atom is 0.209 e. The van der Waals surface area contributed by atoms with Crippen molar-refractivity contribution >= 4 is 34.9 Å². The second kappa shape index (κ2) is 13.8. The zero-order valence-corrected chi connectivity index (χ0v) is 23.7. The smallest absolute Gasteiger partial charge is 0.209 e. The van der Waals surface area contributed by atoms with Crippen LogP contribution in [0.3, 0.4) is 0 Å². The minimum Gasteiger partial charge on any atom is -0.345 e. The van der Waals surface area contributed by atoms with Crippen molar-refractivity contribution in [3.63, 3.8) is 0 Å². The van der Waals surface area contributed by atoms with E-state index >= 15 is 0 Å². The van der Waals surface area contributed by atoms with Gasteiger partial charge in [0.15, 0.2) is 0 Å². The summed E-state index contributed by atoms with van der Waals surface area (Å²) >= 11 is 8.38. The van der Waals surface area contributed by atoms with E-state index in [1.807, 2.05) is 36.5 Å². The molecule has 0 saturated carbocycles. The molecule has 5 nitrogen and oxygen atoms in total. The highest BCUT2D eigenvalue weighted by Gasteiger charge is 2.27. The minimum absolute atomic E-state index is 0.748. The average Bonchev–Trinajstić information content (AvgIpc) is 3.57. The van der Waals surface area contributed by atoms with E-state index in [0.717, 1.165) is 92.3 Å². The number of carbonyl (C=O) groups excluding carboxylic acids is 1. The molecule has 0 aliphatic heterocycles. The van der Waals surface area contributed by atoms with Gasteiger partial charge in [-0.25, -0.2) is 0 Å². The van der Waals surface area contributed by atoms with Gasteiger partial charge < -0.3 is 4.90 Å². The molecule has 7 heteroatoms. The first kappa shape index (κ1) is 28.1. The normalized spacial score (nSPS) is 12.1. The fourth-order valence-electron chi connectivity index (χ4n) is 4.66. The molecular weight excluding hydrogens is 488 g/mol. The SMILES string of the molecule is C=C(c1ccccc1Cl)c1c(-n2c(C)nnc2CCCC)sc2c1CCC2.CCCN(C=O)CCC. The second-order valence-electron chi connectivity index (χ2n) is 9.24. The van der Waals surface area contributed by atoms with Gasteiger partial charge in [-0.3, -0.25) is 9.36 Å². The Morgan fingerprint density at radius 1 is 1.14 bits per heavy atom. The Morgan fingerprint density at radius 3 is 2.50 bits per heavy atom. The number of carbonyl (C=O) groups is 1. The maximum atomic E-state index is 10.2. The van der Waals surface area contributed by atoms with Gasteiger partial charge >= 0.3 is 0 Å². The third kappa shape index (κ3) is 6.46. The van der Waals surface area contributed by atoms with Crippen LogP contribution in [0.5, 0.6) is 0 Å². The molecule has 1 amide bonds. The minimum atomic E-state index is 0.748. The first-order valence-electron chi connectivity index (χ1n) is 13.2. The van der Waals surface area contributed by atoms with Crippen molar-refractivity contribution in [1.29, 1.82) is 0 Å². The molecule has 36 heavy (non-hydrogen) atoms. The number of unbranched alkanes of at least 4 members (excludes halogenated alkanes) is 1. The van der Waals surface area contributed by atoms with Crippen molar-refractivity contribution in [2.75, 3.05) is 13.1 Å². The van der Waals surface area contributed by atoms with E-state index < -0.39 is 0 Å². The number of aryl methyl sites for hydroxylation is 3. The summed E-state index contributed by atoms with van der Waals surface area (Å²) < 4.78 is 2.25.